The number of rotatable bonds is 41. The van der Waals surface area contributed by atoms with Crippen LogP contribution in [-0.2, 0) is 47.7 Å². The second-order valence-corrected chi connectivity index (χ2v) is 48.2. The molecule has 4 aliphatic rings. The summed E-state index contributed by atoms with van der Waals surface area (Å²) in [5, 5.41) is 22.9. The van der Waals surface area contributed by atoms with Gasteiger partial charge in [0, 0.05) is 95.8 Å². The molecule has 0 N–H and O–H groups in total. The van der Waals surface area contributed by atoms with Gasteiger partial charge in [-0.2, -0.15) is 0 Å². The van der Waals surface area contributed by atoms with Crippen LogP contribution in [0.15, 0.2) is 193 Å². The monoisotopic (exact) mass is 2090 g/mol. The molecule has 20 heteroatoms. The lowest BCUT2D eigenvalue weighted by molar-refractivity contribution is 0.0503. The van der Waals surface area contributed by atoms with E-state index in [9.17, 15) is 24.9 Å². The number of hydrogen-bond donors (Lipinski definition) is 0. The molecule has 147 heavy (non-hydrogen) atoms. The number of ether oxygens (including phenoxy) is 1. The Morgan fingerprint density at radius 2 is 0.687 bits per heavy atom. The van der Waals surface area contributed by atoms with E-state index >= 15 is 17.6 Å². The number of hydrogen-bond acceptors (Lipinski definition) is 14. The van der Waals surface area contributed by atoms with Crippen molar-refractivity contribution in [2.75, 3.05) is 6.61 Å². The largest absolute Gasteiger partial charge is 0.462 e. The zero-order chi connectivity index (χ0) is 102. The summed E-state index contributed by atoms with van der Waals surface area (Å²) < 4.78 is 75.6. The molecule has 0 unspecified atom stereocenters. The number of unbranched alkanes of at least 4 members (excludes halogenated alkanes) is 22. The van der Waals surface area contributed by atoms with Crippen LogP contribution in [0.3, 0.4) is 0 Å². The highest BCUT2D eigenvalue weighted by molar-refractivity contribution is 7.25. The maximum absolute atomic E-state index is 15.3. The number of ketones is 2. The minimum atomic E-state index is -1.21. The van der Waals surface area contributed by atoms with Gasteiger partial charge < -0.3 is 4.74 Å². The van der Waals surface area contributed by atoms with Crippen molar-refractivity contribution in [1.29, 1.82) is 10.5 Å². The maximum Gasteiger partial charge on any atom is 0.348 e. The van der Waals surface area contributed by atoms with Gasteiger partial charge in [0.15, 0.2) is 34.8 Å². The first-order valence-electron chi connectivity index (χ1n) is 52.8. The summed E-state index contributed by atoms with van der Waals surface area (Å²) in [5.74, 6) is -6.37. The van der Waals surface area contributed by atoms with E-state index in [-0.39, 0.29) is 56.9 Å². The van der Waals surface area contributed by atoms with E-state index in [1.807, 2.05) is 59.1 Å². The number of thiophene rings is 8. The first-order chi connectivity index (χ1) is 71.8. The van der Waals surface area contributed by atoms with Crippen molar-refractivity contribution in [1.82, 2.24) is 0 Å². The van der Waals surface area contributed by atoms with Gasteiger partial charge in [0.1, 0.15) is 4.88 Å². The number of nitriles is 2. The summed E-state index contributed by atoms with van der Waals surface area (Å²) in [7, 11) is 0. The molecule has 7 aromatic carbocycles. The van der Waals surface area contributed by atoms with Gasteiger partial charge in [-0.3, -0.25) is 9.59 Å². The van der Waals surface area contributed by atoms with Crippen molar-refractivity contribution in [2.45, 2.75) is 264 Å². The van der Waals surface area contributed by atoms with Gasteiger partial charge in [-0.25, -0.2) is 42.6 Å². The molecule has 0 radical (unpaired) electrons. The van der Waals surface area contributed by atoms with Crippen LogP contribution in [0.1, 0.15) is 344 Å². The average Bonchev–Trinajstić information content (AvgIpc) is 1.50. The first-order valence-corrected chi connectivity index (χ1v) is 59.3. The van der Waals surface area contributed by atoms with Gasteiger partial charge in [0.2, 0.25) is 0 Å². The average molecular weight is 2100 g/mol. The summed E-state index contributed by atoms with van der Waals surface area (Å²) in [5.41, 5.74) is 14.2. The van der Waals surface area contributed by atoms with Crippen LogP contribution in [0.5, 0.6) is 0 Å². The lowest BCUT2D eigenvalue weighted by Crippen LogP contribution is -2.30. The number of allylic oxidation sites excluding steroid dienone is 4. The van der Waals surface area contributed by atoms with E-state index in [0.29, 0.717) is 13.9 Å². The smallest absolute Gasteiger partial charge is 0.348 e. The van der Waals surface area contributed by atoms with Crippen LogP contribution in [-0.4, -0.2) is 24.1 Å². The Morgan fingerprint density at radius 1 is 0.354 bits per heavy atom. The molecule has 8 nitrogen and oxygen atoms in total. The minimum Gasteiger partial charge on any atom is -0.462 e. The molecule has 8 heterocycles. The van der Waals surface area contributed by atoms with Crippen molar-refractivity contribution in [2.24, 2.45) is 0 Å². The predicted octanol–water partition coefficient (Wildman–Crippen LogP) is 34.3. The molecule has 19 rings (SSSR count). The molecule has 0 atom stereocenters. The third kappa shape index (κ3) is 20.4. The number of fused-ring (bicyclic) bond motifs is 10. The second kappa shape index (κ2) is 46.5. The zero-order valence-electron chi connectivity index (χ0n) is 84.2. The molecule has 0 aliphatic heterocycles. The number of carbonyl (C=O) groups excluding carboxylic acids is 3. The van der Waals surface area contributed by atoms with Gasteiger partial charge in [0.05, 0.1) is 61.2 Å². The fourth-order valence-electron chi connectivity index (χ4n) is 22.4. The molecule has 15 aromatic rings. The number of nitrogens with zero attached hydrogens (tertiary/aromatic N) is 4. The lowest BCUT2D eigenvalue weighted by Gasteiger charge is -2.35. The molecule has 0 spiro atoms. The first kappa shape index (κ1) is 104. The van der Waals surface area contributed by atoms with Crippen LogP contribution in [0, 0.1) is 77.2 Å². The highest BCUT2D eigenvalue weighted by Crippen LogP contribution is 2.66. The molecular formula is C127H118F4N4O4S8. The van der Waals surface area contributed by atoms with Gasteiger partial charge in [-0.1, -0.05) is 280 Å². The lowest BCUT2D eigenvalue weighted by atomic mass is 9.65. The number of esters is 1. The molecule has 0 saturated carbocycles. The fraction of sp³-hybridized carbons (Fsp3) is 0.331. The van der Waals surface area contributed by atoms with Crippen molar-refractivity contribution in [3.05, 3.63) is 384 Å². The molecule has 4 aliphatic carbocycles. The molecule has 0 fully saturated rings. The van der Waals surface area contributed by atoms with Crippen LogP contribution < -0.4 is 18.1 Å². The predicted molar refractivity (Wildman–Crippen MR) is 604 cm³/mol. The molecule has 8 aromatic heterocycles. The highest BCUT2D eigenvalue weighted by Gasteiger charge is 2.54. The van der Waals surface area contributed by atoms with Crippen LogP contribution in [0.4, 0.5) is 17.6 Å². The fourth-order valence-corrected chi connectivity index (χ4v) is 32.2. The molecule has 0 saturated heterocycles. The van der Waals surface area contributed by atoms with E-state index in [2.05, 4.69) is 191 Å². The molecule has 0 amide bonds. The topological polar surface area (TPSA) is 117 Å². The van der Waals surface area contributed by atoms with E-state index in [1.54, 1.807) is 40.1 Å². The normalized spacial score (nSPS) is 15.7. The standard InChI is InChI=1S/C127H118F4N4O4S8/c1-9-15-21-27-29-35-41-85-63-94-121(108-60-58-106(143-108)115-113(104(75-132)134-7)88-70-100(128)102(130)72-90(88)117(115)136)145-110(123(94)140-85)66-86-64-98-119(141-86)92-68-97-93(69-96(92)126(98,81-50-42-77(43-51-81)37-31-23-17-11-3)82-52-44-78(45-53-82)38-32-24-18-12-4)120-99(127(97,83-54-46-79(47-55-83)39-33-25-19-13-5)84-56-48-80(49-57-84)40-34-26-20-14-6)65-87(142-120)67-111-124-95(74-112(147-124)125(138)139-62-36-30-28-22-16-10-2)122(146-111)109-61-59-107(144-109)116-114(105(76-133)135-8)89-71-101(129)103(131)73-91(89)118(116)137/h42-61,63-74H,9-41,62H2,1-6H3/b110-66+,111-67+,113-104+,114-105?,115-106+,116-107+,121-108+,122-109+. The Hall–Kier alpha value is -11.9. The van der Waals surface area contributed by atoms with Gasteiger partial charge in [-0.15, -0.1) is 90.7 Å². The Bertz CT molecular complexity index is 8200. The second-order valence-electron chi connectivity index (χ2n) is 39.6. The van der Waals surface area contributed by atoms with E-state index in [0.717, 1.165) is 269 Å². The summed E-state index contributed by atoms with van der Waals surface area (Å²) in [4.78, 5) is 57.4. The van der Waals surface area contributed by atoms with Crippen molar-refractivity contribution >= 4 is 163 Å². The van der Waals surface area contributed by atoms with E-state index < -0.39 is 57.3 Å². The third-order valence-corrected chi connectivity index (χ3v) is 39.6. The summed E-state index contributed by atoms with van der Waals surface area (Å²) in [6.45, 7) is 30.0. The Labute approximate surface area is 890 Å². The molecular weight excluding hydrogens is 1980 g/mol. The number of benzene rings is 7. The van der Waals surface area contributed by atoms with Crippen LogP contribution in [0.25, 0.3) is 85.2 Å². The third-order valence-electron chi connectivity index (χ3n) is 29.9. The Morgan fingerprint density at radius 3 is 1.06 bits per heavy atom. The highest BCUT2D eigenvalue weighted by atomic mass is 32.1. The molecule has 746 valence electrons. The quantitative estimate of drug-likeness (QED) is 0.0124. The van der Waals surface area contributed by atoms with Gasteiger partial charge >= 0.3 is 5.97 Å². The van der Waals surface area contributed by atoms with Crippen molar-refractivity contribution < 1.29 is 36.7 Å². The number of carbonyl (C=O) groups is 3. The van der Waals surface area contributed by atoms with Crippen molar-refractivity contribution in [3.8, 4) is 33.0 Å². The van der Waals surface area contributed by atoms with Gasteiger partial charge in [0.25, 0.3) is 11.4 Å². The van der Waals surface area contributed by atoms with E-state index in [4.69, 9.17) is 17.9 Å². The summed E-state index contributed by atoms with van der Waals surface area (Å²) in [6, 6.07) is 68.0. The maximum atomic E-state index is 15.3. The SMILES string of the molecule is [C-]#[N+]C(C#N)=C1/C(=c2/cc/c(=c3\s/c(=C/c4cc5c(s4)-c4cc6c(cc4C5(c4ccc(CCCCCC)cc4)c4ccc(CCCCCC)cc4)-c4sc(/C=c5/s/c(=c7\cc/c(=C8\C(=O)c9cc(F)c(F)cc9\C8=C(\C#N)[N+]#[C-])s7)c7cc(CCCCCCCC)sc57)cc4C6(c4ccc(CCCCCC)cc4)c4ccc(CCCCCC)cc4)c4sc(C(=O)OCCCCCCCC)cc34)s2)C(=O)c2cc(F)c(F)cc21. The Kier molecular flexibility index (Phi) is 32.8. The van der Waals surface area contributed by atoms with E-state index in [1.165, 1.54) is 151 Å². The van der Waals surface area contributed by atoms with Crippen LogP contribution in [0.2, 0.25) is 0 Å². The zero-order valence-corrected chi connectivity index (χ0v) is 90.7. The number of aryl methyl sites for hydroxylation is 5. The number of Topliss-reactive ketones (excluding diaryl/α,β-unsaturated/α-hetero) is 2. The summed E-state index contributed by atoms with van der Waals surface area (Å²) >= 11 is 12.9. The minimum absolute atomic E-state index is 0.0113. The number of halogens is 4. The molecule has 0 bridgehead atoms. The summed E-state index contributed by atoms with van der Waals surface area (Å²) in [6.07, 6.45) is 40.8. The van der Waals surface area contributed by atoms with Crippen molar-refractivity contribution in [3.63, 3.8) is 0 Å². The van der Waals surface area contributed by atoms with Gasteiger partial charge in [-0.05, 0) is 257 Å². The van der Waals surface area contributed by atoms with Crippen LogP contribution >= 0.6 is 90.7 Å². The Balaban J connectivity index is 0.870.